The van der Waals surface area contributed by atoms with E-state index in [0.29, 0.717) is 5.56 Å². The maximum atomic E-state index is 14.6. The number of nitrogens with zero attached hydrogens (tertiary/aromatic N) is 1. The molecule has 0 N–H and O–H groups in total. The Labute approximate surface area is 157 Å². The number of allylic oxidation sites excluding steroid dienone is 3. The zero-order valence-electron chi connectivity index (χ0n) is 12.5. The van der Waals surface area contributed by atoms with Gasteiger partial charge in [-0.3, -0.25) is 0 Å². The Balaban J connectivity index is 2.36. The van der Waals surface area contributed by atoms with Crippen molar-refractivity contribution in [2.45, 2.75) is 0 Å². The summed E-state index contributed by atoms with van der Waals surface area (Å²) in [4.78, 5) is 1.95. The van der Waals surface area contributed by atoms with Gasteiger partial charge in [0.2, 0.25) is 0 Å². The highest BCUT2D eigenvalue weighted by Crippen LogP contribution is 2.42. The van der Waals surface area contributed by atoms with Crippen molar-refractivity contribution < 1.29 is 4.39 Å². The quantitative estimate of drug-likeness (QED) is 0.459. The first-order valence-electron chi connectivity index (χ1n) is 7.05. The fourth-order valence-corrected chi connectivity index (χ4v) is 3.82. The van der Waals surface area contributed by atoms with Gasteiger partial charge in [-0.05, 0) is 62.3 Å². The minimum atomic E-state index is -0.257. The monoisotopic (exact) mass is 481 g/mol. The highest BCUT2D eigenvalue weighted by atomic mass is 127. The predicted octanol–water partition coefficient (Wildman–Crippen LogP) is 6.23. The third kappa shape index (κ3) is 3.02. The van der Waals surface area contributed by atoms with E-state index in [2.05, 4.69) is 51.2 Å². The fraction of sp³-hybridized carbons (Fsp3) is 0.0526. The molecular weight excluding hydrogens is 468 g/mol. The van der Waals surface area contributed by atoms with Crippen molar-refractivity contribution in [3.8, 4) is 0 Å². The lowest BCUT2D eigenvalue weighted by Crippen LogP contribution is -2.21. The van der Waals surface area contributed by atoms with Crippen molar-refractivity contribution >= 4 is 49.8 Å². The molecule has 0 bridgehead atoms. The SMILES string of the molecule is C=C1C(I)=CC(c2ccccc2)=C(c2c(F)cccc2Br)N1C. The summed E-state index contributed by atoms with van der Waals surface area (Å²) in [7, 11) is 1.92. The first kappa shape index (κ1) is 16.5. The first-order valence-corrected chi connectivity index (χ1v) is 8.92. The second-order valence-corrected chi connectivity index (χ2v) is 7.24. The molecule has 2 aromatic carbocycles. The second-order valence-electron chi connectivity index (χ2n) is 5.22. The maximum Gasteiger partial charge on any atom is 0.133 e. The summed E-state index contributed by atoms with van der Waals surface area (Å²) < 4.78 is 16.3. The van der Waals surface area contributed by atoms with E-state index in [9.17, 15) is 4.39 Å². The van der Waals surface area contributed by atoms with Crippen LogP contribution >= 0.6 is 38.5 Å². The lowest BCUT2D eigenvalue weighted by atomic mass is 9.95. The van der Waals surface area contributed by atoms with E-state index in [0.717, 1.165) is 30.6 Å². The van der Waals surface area contributed by atoms with Gasteiger partial charge in [-0.15, -0.1) is 0 Å². The summed E-state index contributed by atoms with van der Waals surface area (Å²) in [5.74, 6) is -0.257. The van der Waals surface area contributed by atoms with Gasteiger partial charge in [-0.1, -0.05) is 43.0 Å². The van der Waals surface area contributed by atoms with Crippen molar-refractivity contribution in [2.24, 2.45) is 0 Å². The molecule has 0 fully saturated rings. The zero-order chi connectivity index (χ0) is 16.6. The number of hydrogen-bond donors (Lipinski definition) is 0. The normalized spacial score (nSPS) is 15.0. The standard InChI is InChI=1S/C19H14BrFIN/c1-12-17(22)11-14(13-7-4-3-5-8-13)19(23(12)2)18-15(20)9-6-10-16(18)21/h3-11H,1H2,2H3. The Morgan fingerprint density at radius 2 is 1.78 bits per heavy atom. The lowest BCUT2D eigenvalue weighted by Gasteiger charge is -2.32. The summed E-state index contributed by atoms with van der Waals surface area (Å²) >= 11 is 5.76. The van der Waals surface area contributed by atoms with E-state index >= 15 is 0 Å². The van der Waals surface area contributed by atoms with Gasteiger partial charge in [0.15, 0.2) is 0 Å². The summed E-state index contributed by atoms with van der Waals surface area (Å²) in [5.41, 5.74) is 4.25. The predicted molar refractivity (Wildman–Crippen MR) is 106 cm³/mol. The van der Waals surface area contributed by atoms with Crippen LogP contribution in [0.4, 0.5) is 4.39 Å². The van der Waals surface area contributed by atoms with Gasteiger partial charge in [0, 0.05) is 31.9 Å². The van der Waals surface area contributed by atoms with Crippen LogP contribution in [0.2, 0.25) is 0 Å². The molecule has 23 heavy (non-hydrogen) atoms. The first-order chi connectivity index (χ1) is 11.0. The number of hydrogen-bond acceptors (Lipinski definition) is 1. The zero-order valence-corrected chi connectivity index (χ0v) is 16.2. The lowest BCUT2D eigenvalue weighted by molar-refractivity contribution is 0.586. The molecule has 0 atom stereocenters. The molecule has 0 spiro atoms. The molecule has 0 aromatic heterocycles. The molecule has 0 saturated heterocycles. The summed E-state index contributed by atoms with van der Waals surface area (Å²) in [6, 6.07) is 15.1. The van der Waals surface area contributed by atoms with Crippen LogP contribution in [0.15, 0.2) is 74.9 Å². The van der Waals surface area contributed by atoms with E-state index in [4.69, 9.17) is 0 Å². The average molecular weight is 482 g/mol. The smallest absolute Gasteiger partial charge is 0.133 e. The van der Waals surface area contributed by atoms with Crippen LogP contribution in [0.5, 0.6) is 0 Å². The van der Waals surface area contributed by atoms with Crippen molar-refractivity contribution in [1.82, 2.24) is 4.90 Å². The van der Waals surface area contributed by atoms with Crippen LogP contribution in [0.3, 0.4) is 0 Å². The Bertz CT molecular complexity index is 819. The van der Waals surface area contributed by atoms with E-state index in [1.165, 1.54) is 6.07 Å². The van der Waals surface area contributed by atoms with Gasteiger partial charge >= 0.3 is 0 Å². The van der Waals surface area contributed by atoms with E-state index in [-0.39, 0.29) is 5.82 Å². The molecule has 0 unspecified atom stereocenters. The molecule has 4 heteroatoms. The molecule has 0 saturated carbocycles. The average Bonchev–Trinajstić information content (AvgIpc) is 2.55. The molecule has 0 radical (unpaired) electrons. The van der Waals surface area contributed by atoms with Gasteiger partial charge in [-0.25, -0.2) is 4.39 Å². The van der Waals surface area contributed by atoms with Crippen LogP contribution < -0.4 is 0 Å². The molecule has 1 aliphatic rings. The largest absolute Gasteiger partial charge is 0.343 e. The maximum absolute atomic E-state index is 14.6. The Hall–Kier alpha value is -1.40. The van der Waals surface area contributed by atoms with Crippen LogP contribution in [-0.2, 0) is 0 Å². The van der Waals surface area contributed by atoms with E-state index in [1.54, 1.807) is 6.07 Å². The van der Waals surface area contributed by atoms with Crippen molar-refractivity contribution in [2.75, 3.05) is 7.05 Å². The minimum absolute atomic E-state index is 0.257. The highest BCUT2D eigenvalue weighted by Gasteiger charge is 2.26. The molecular formula is C19H14BrFIN. The van der Waals surface area contributed by atoms with Crippen LogP contribution in [0.25, 0.3) is 11.3 Å². The van der Waals surface area contributed by atoms with Crippen molar-refractivity contribution in [3.63, 3.8) is 0 Å². The number of likely N-dealkylation sites (N-methyl/N-ethyl adjacent to an activating group) is 1. The number of benzene rings is 2. The minimum Gasteiger partial charge on any atom is -0.343 e. The molecule has 116 valence electrons. The highest BCUT2D eigenvalue weighted by molar-refractivity contribution is 14.1. The molecule has 1 nitrogen and oxygen atoms in total. The summed E-state index contributed by atoms with van der Waals surface area (Å²) in [5, 5.41) is 0. The molecule has 3 rings (SSSR count). The number of rotatable bonds is 2. The Morgan fingerprint density at radius 1 is 1.09 bits per heavy atom. The molecule has 0 amide bonds. The van der Waals surface area contributed by atoms with E-state index < -0.39 is 0 Å². The molecule has 1 aliphatic heterocycles. The summed E-state index contributed by atoms with van der Waals surface area (Å²) in [6.45, 7) is 4.12. The van der Waals surface area contributed by atoms with Gasteiger partial charge in [0.1, 0.15) is 5.82 Å². The molecule has 2 aromatic rings. The molecule has 1 heterocycles. The number of halogens is 3. The third-order valence-corrected chi connectivity index (χ3v) is 5.42. The van der Waals surface area contributed by atoms with Gasteiger partial charge < -0.3 is 4.90 Å². The Morgan fingerprint density at radius 3 is 2.43 bits per heavy atom. The van der Waals surface area contributed by atoms with Crippen LogP contribution in [-0.4, -0.2) is 11.9 Å². The Kier molecular flexibility index (Phi) is 4.73. The summed E-state index contributed by atoms with van der Waals surface area (Å²) in [6.07, 6.45) is 2.06. The van der Waals surface area contributed by atoms with Crippen molar-refractivity contribution in [1.29, 1.82) is 0 Å². The van der Waals surface area contributed by atoms with E-state index in [1.807, 2.05) is 48.3 Å². The third-order valence-electron chi connectivity index (χ3n) is 3.83. The van der Waals surface area contributed by atoms with Crippen molar-refractivity contribution in [3.05, 3.63) is 91.9 Å². The van der Waals surface area contributed by atoms with Gasteiger partial charge in [0.05, 0.1) is 5.70 Å². The molecule has 0 aliphatic carbocycles. The fourth-order valence-electron chi connectivity index (χ4n) is 2.62. The topological polar surface area (TPSA) is 3.24 Å². The van der Waals surface area contributed by atoms with Crippen LogP contribution in [0.1, 0.15) is 11.1 Å². The van der Waals surface area contributed by atoms with Gasteiger partial charge in [0.25, 0.3) is 0 Å². The van der Waals surface area contributed by atoms with Gasteiger partial charge in [-0.2, -0.15) is 0 Å². The van der Waals surface area contributed by atoms with Crippen LogP contribution in [0, 0.1) is 5.82 Å². The second kappa shape index (κ2) is 6.61.